The summed E-state index contributed by atoms with van der Waals surface area (Å²) in [5.74, 6) is -1.50. The van der Waals surface area contributed by atoms with Crippen LogP contribution in [0.3, 0.4) is 0 Å². The van der Waals surface area contributed by atoms with Gasteiger partial charge in [0, 0.05) is 19.3 Å². The first-order valence-corrected chi connectivity index (χ1v) is 19.9. The molecule has 1 N–H and O–H groups in total. The van der Waals surface area contributed by atoms with Gasteiger partial charge in [0.1, 0.15) is 6.61 Å². The van der Waals surface area contributed by atoms with Crippen LogP contribution in [-0.4, -0.2) is 80.6 Å². The van der Waals surface area contributed by atoms with E-state index in [1.54, 1.807) is 0 Å². The predicted octanol–water partition coefficient (Wildman–Crippen LogP) is 10.1. The van der Waals surface area contributed by atoms with Crippen LogP contribution in [0, 0.1) is 0 Å². The SMILES string of the molecule is CCCC/C=C/CCCCCCCC(=O)OC(COCCC(C(=O)O)[N+](C)(C)C)COC(=O)CCCCC/C=C/CCCCCCCCC. The normalized spacial score (nSPS) is 13.2. The molecule has 0 aromatic heterocycles. The topological polar surface area (TPSA) is 99.1 Å². The van der Waals surface area contributed by atoms with E-state index in [9.17, 15) is 19.5 Å². The molecule has 0 bridgehead atoms. The second-order valence-corrected chi connectivity index (χ2v) is 14.5. The Labute approximate surface area is 301 Å². The number of hydrogen-bond donors (Lipinski definition) is 1. The number of carbonyl (C=O) groups excluding carboxylic acids is 2. The molecule has 0 rings (SSSR count). The molecular weight excluding hydrogens is 618 g/mol. The number of quaternary nitrogens is 1. The fourth-order valence-electron chi connectivity index (χ4n) is 5.65. The lowest BCUT2D eigenvalue weighted by Gasteiger charge is -2.31. The maximum absolute atomic E-state index is 12.6. The molecule has 8 nitrogen and oxygen atoms in total. The van der Waals surface area contributed by atoms with Crippen molar-refractivity contribution in [1.82, 2.24) is 0 Å². The number of carboxylic acid groups (broad SMARTS) is 1. The number of esters is 2. The molecule has 49 heavy (non-hydrogen) atoms. The van der Waals surface area contributed by atoms with E-state index in [-0.39, 0.29) is 36.2 Å². The van der Waals surface area contributed by atoms with Crippen LogP contribution in [0.5, 0.6) is 0 Å². The fourth-order valence-corrected chi connectivity index (χ4v) is 5.65. The Morgan fingerprint density at radius 1 is 0.592 bits per heavy atom. The van der Waals surface area contributed by atoms with Gasteiger partial charge in [-0.3, -0.25) is 9.59 Å². The van der Waals surface area contributed by atoms with Gasteiger partial charge in [0.2, 0.25) is 0 Å². The Balaban J connectivity index is 4.42. The van der Waals surface area contributed by atoms with E-state index < -0.39 is 18.1 Å². The monoisotopic (exact) mass is 695 g/mol. The molecule has 2 unspecified atom stereocenters. The van der Waals surface area contributed by atoms with Crippen LogP contribution in [0.4, 0.5) is 0 Å². The zero-order valence-corrected chi connectivity index (χ0v) is 32.4. The lowest BCUT2D eigenvalue weighted by atomic mass is 10.1. The number of ether oxygens (including phenoxy) is 3. The van der Waals surface area contributed by atoms with Crippen molar-refractivity contribution in [3.8, 4) is 0 Å². The first-order chi connectivity index (χ1) is 23.6. The second kappa shape index (κ2) is 33.0. The Morgan fingerprint density at radius 3 is 1.55 bits per heavy atom. The van der Waals surface area contributed by atoms with Gasteiger partial charge in [-0.2, -0.15) is 0 Å². The van der Waals surface area contributed by atoms with Gasteiger partial charge in [-0.25, -0.2) is 4.79 Å². The predicted molar refractivity (Wildman–Crippen MR) is 202 cm³/mol. The summed E-state index contributed by atoms with van der Waals surface area (Å²) in [6, 6.07) is -0.614. The lowest BCUT2D eigenvalue weighted by Crippen LogP contribution is -2.50. The Kier molecular flexibility index (Phi) is 31.5. The standard InChI is InChI=1S/C41H75NO7/c1-6-8-10-12-14-16-18-19-20-22-23-25-27-29-31-39(43)48-36-37(35-47-34-33-38(41(45)46)42(3,4)5)49-40(44)32-30-28-26-24-21-17-15-13-11-9-7-2/h13,15,20,22,37-38H,6-12,14,16-19,21,23-36H2,1-5H3/p+1/b15-13+,22-20+. The summed E-state index contributed by atoms with van der Waals surface area (Å²) in [7, 11) is 5.51. The Bertz CT molecular complexity index is 864. The van der Waals surface area contributed by atoms with E-state index in [1.165, 1.54) is 70.6 Å². The average molecular weight is 695 g/mol. The minimum Gasteiger partial charge on any atom is -0.477 e. The van der Waals surface area contributed by atoms with Gasteiger partial charge in [0.05, 0.1) is 34.4 Å². The summed E-state index contributed by atoms with van der Waals surface area (Å²) in [5.41, 5.74) is 0. The van der Waals surface area contributed by atoms with Crippen molar-refractivity contribution in [2.45, 2.75) is 180 Å². The molecule has 0 heterocycles. The van der Waals surface area contributed by atoms with Crippen LogP contribution in [0.25, 0.3) is 0 Å². The highest BCUT2D eigenvalue weighted by atomic mass is 16.6. The van der Waals surface area contributed by atoms with Crippen molar-refractivity contribution in [3.63, 3.8) is 0 Å². The number of nitrogens with zero attached hydrogens (tertiary/aromatic N) is 1. The molecule has 2 atom stereocenters. The number of hydrogen-bond acceptors (Lipinski definition) is 6. The van der Waals surface area contributed by atoms with Crippen molar-refractivity contribution >= 4 is 17.9 Å². The van der Waals surface area contributed by atoms with Crippen LogP contribution in [0.2, 0.25) is 0 Å². The number of carbonyl (C=O) groups is 3. The minimum absolute atomic E-state index is 0.0550. The van der Waals surface area contributed by atoms with Gasteiger partial charge in [0.25, 0.3) is 0 Å². The zero-order chi connectivity index (χ0) is 36.4. The minimum atomic E-state index is -0.879. The van der Waals surface area contributed by atoms with Crippen LogP contribution < -0.4 is 0 Å². The lowest BCUT2D eigenvalue weighted by molar-refractivity contribution is -0.887. The summed E-state index contributed by atoms with van der Waals surface area (Å²) in [4.78, 5) is 36.8. The summed E-state index contributed by atoms with van der Waals surface area (Å²) < 4.78 is 17.2. The molecule has 0 aliphatic carbocycles. The van der Waals surface area contributed by atoms with Crippen molar-refractivity contribution < 1.29 is 38.2 Å². The van der Waals surface area contributed by atoms with Crippen molar-refractivity contribution in [1.29, 1.82) is 0 Å². The highest BCUT2D eigenvalue weighted by molar-refractivity contribution is 5.72. The van der Waals surface area contributed by atoms with Gasteiger partial charge in [-0.15, -0.1) is 0 Å². The third kappa shape index (κ3) is 31.5. The van der Waals surface area contributed by atoms with E-state index in [1.807, 2.05) is 21.1 Å². The van der Waals surface area contributed by atoms with E-state index >= 15 is 0 Å². The number of carboxylic acids is 1. The van der Waals surface area contributed by atoms with E-state index in [0.29, 0.717) is 19.3 Å². The molecular formula is C41H76NO7+. The molecule has 0 saturated heterocycles. The third-order valence-corrected chi connectivity index (χ3v) is 8.82. The highest BCUT2D eigenvalue weighted by Gasteiger charge is 2.31. The molecule has 286 valence electrons. The van der Waals surface area contributed by atoms with Gasteiger partial charge in [-0.05, 0) is 57.8 Å². The summed E-state index contributed by atoms with van der Waals surface area (Å²) >= 11 is 0. The van der Waals surface area contributed by atoms with Crippen molar-refractivity contribution in [3.05, 3.63) is 24.3 Å². The maximum atomic E-state index is 12.6. The van der Waals surface area contributed by atoms with Crippen LogP contribution >= 0.6 is 0 Å². The fraction of sp³-hybridized carbons (Fsp3) is 0.829. The van der Waals surface area contributed by atoms with Gasteiger partial charge < -0.3 is 23.8 Å². The molecule has 0 aromatic rings. The number of rotatable bonds is 35. The molecule has 0 saturated carbocycles. The van der Waals surface area contributed by atoms with Gasteiger partial charge in [0.15, 0.2) is 12.1 Å². The Morgan fingerprint density at radius 2 is 1.04 bits per heavy atom. The number of likely N-dealkylation sites (N-methyl/N-ethyl adjacent to an activating group) is 1. The molecule has 0 amide bonds. The maximum Gasteiger partial charge on any atom is 0.362 e. The summed E-state index contributed by atoms with van der Waals surface area (Å²) in [6.07, 6.45) is 33.6. The summed E-state index contributed by atoms with van der Waals surface area (Å²) in [6.45, 7) is 4.66. The quantitative estimate of drug-likeness (QED) is 0.0305. The largest absolute Gasteiger partial charge is 0.477 e. The number of aliphatic carboxylic acids is 1. The molecule has 0 aromatic carbocycles. The summed E-state index contributed by atoms with van der Waals surface area (Å²) in [5, 5.41) is 9.58. The van der Waals surface area contributed by atoms with E-state index in [2.05, 4.69) is 38.2 Å². The molecule has 0 fully saturated rings. The average Bonchev–Trinajstić information content (AvgIpc) is 3.05. The van der Waals surface area contributed by atoms with Gasteiger partial charge in [-0.1, -0.05) is 115 Å². The van der Waals surface area contributed by atoms with Crippen LogP contribution in [0.1, 0.15) is 168 Å². The number of allylic oxidation sites excluding steroid dienone is 4. The smallest absolute Gasteiger partial charge is 0.362 e. The first kappa shape index (κ1) is 46.8. The van der Waals surface area contributed by atoms with Gasteiger partial charge >= 0.3 is 17.9 Å². The second-order valence-electron chi connectivity index (χ2n) is 14.5. The molecule has 0 spiro atoms. The van der Waals surface area contributed by atoms with E-state index in [4.69, 9.17) is 14.2 Å². The van der Waals surface area contributed by atoms with E-state index in [0.717, 1.165) is 64.2 Å². The molecule has 8 heteroatoms. The molecule has 0 radical (unpaired) electrons. The van der Waals surface area contributed by atoms with Crippen LogP contribution in [-0.2, 0) is 28.6 Å². The van der Waals surface area contributed by atoms with Crippen molar-refractivity contribution in [2.75, 3.05) is 41.0 Å². The zero-order valence-electron chi connectivity index (χ0n) is 32.4. The molecule has 0 aliphatic heterocycles. The Hall–Kier alpha value is -2.19. The van der Waals surface area contributed by atoms with Crippen molar-refractivity contribution in [2.24, 2.45) is 0 Å². The number of unbranched alkanes of at least 4 members (excludes halogenated alkanes) is 17. The third-order valence-electron chi connectivity index (χ3n) is 8.82. The first-order valence-electron chi connectivity index (χ1n) is 19.9. The molecule has 0 aliphatic rings. The highest BCUT2D eigenvalue weighted by Crippen LogP contribution is 2.13. The van der Waals surface area contributed by atoms with Crippen LogP contribution in [0.15, 0.2) is 24.3 Å².